The van der Waals surface area contributed by atoms with E-state index in [0.29, 0.717) is 13.2 Å². The van der Waals surface area contributed by atoms with Crippen molar-refractivity contribution >= 4 is 11.6 Å². The number of ether oxygens (including phenoxy) is 1. The molecule has 0 spiro atoms. The van der Waals surface area contributed by atoms with E-state index < -0.39 is 0 Å². The number of imidazole rings is 1. The molecule has 3 aromatic rings. The molecule has 2 aromatic carbocycles. The predicted octanol–water partition coefficient (Wildman–Crippen LogP) is 4.26. The van der Waals surface area contributed by atoms with Gasteiger partial charge in [-0.25, -0.2) is 4.98 Å². The first-order valence-electron chi connectivity index (χ1n) is 12.4. The van der Waals surface area contributed by atoms with Crippen LogP contribution in [0.5, 0.6) is 5.75 Å². The number of oxime groups is 1. The summed E-state index contributed by atoms with van der Waals surface area (Å²) in [6, 6.07) is 16.6. The van der Waals surface area contributed by atoms with Gasteiger partial charge in [-0.1, -0.05) is 41.9 Å². The molecule has 35 heavy (non-hydrogen) atoms. The van der Waals surface area contributed by atoms with Gasteiger partial charge in [-0.3, -0.25) is 4.79 Å². The number of benzene rings is 2. The van der Waals surface area contributed by atoms with Crippen molar-refractivity contribution in [1.29, 1.82) is 0 Å². The van der Waals surface area contributed by atoms with Crippen molar-refractivity contribution in [3.63, 3.8) is 0 Å². The average Bonchev–Trinajstić information content (AvgIpc) is 3.38. The van der Waals surface area contributed by atoms with Gasteiger partial charge in [-0.15, -0.1) is 0 Å². The van der Waals surface area contributed by atoms with E-state index in [4.69, 9.17) is 9.57 Å². The number of amides is 1. The number of carbonyl (C=O) groups is 1. The number of hydrogen-bond acceptors (Lipinski definition) is 5. The molecule has 1 amide bonds. The normalized spacial score (nSPS) is 17.3. The van der Waals surface area contributed by atoms with Crippen molar-refractivity contribution in [3.05, 3.63) is 83.9 Å². The summed E-state index contributed by atoms with van der Waals surface area (Å²) in [5, 5.41) is 7.39. The Kier molecular flexibility index (Phi) is 7.12. The maximum Gasteiger partial charge on any atom is 0.260 e. The van der Waals surface area contributed by atoms with Crippen molar-refractivity contribution < 1.29 is 14.4 Å². The number of nitrogens with zero attached hydrogens (tertiary/aromatic N) is 3. The Morgan fingerprint density at radius 1 is 1.11 bits per heavy atom. The second kappa shape index (κ2) is 10.8. The van der Waals surface area contributed by atoms with Gasteiger partial charge in [0.15, 0.2) is 6.61 Å². The second-order valence-electron chi connectivity index (χ2n) is 9.41. The van der Waals surface area contributed by atoms with Gasteiger partial charge in [0.05, 0.1) is 18.6 Å². The van der Waals surface area contributed by atoms with E-state index in [1.165, 1.54) is 17.5 Å². The fourth-order valence-electron chi connectivity index (χ4n) is 4.96. The van der Waals surface area contributed by atoms with Crippen LogP contribution in [0.3, 0.4) is 0 Å². The zero-order chi connectivity index (χ0) is 23.9. The minimum atomic E-state index is -0.130. The van der Waals surface area contributed by atoms with Gasteiger partial charge in [0.25, 0.3) is 5.91 Å². The van der Waals surface area contributed by atoms with Crippen LogP contribution in [0.15, 0.2) is 72.4 Å². The lowest BCUT2D eigenvalue weighted by Crippen LogP contribution is -2.46. The highest BCUT2D eigenvalue weighted by Crippen LogP contribution is 2.43. The van der Waals surface area contributed by atoms with Crippen molar-refractivity contribution in [2.45, 2.75) is 50.5 Å². The lowest BCUT2D eigenvalue weighted by molar-refractivity contribution is -0.126. The fraction of sp³-hybridized carbons (Fsp3) is 0.393. The maximum atomic E-state index is 12.5. The Labute approximate surface area is 206 Å². The molecule has 0 bridgehead atoms. The van der Waals surface area contributed by atoms with E-state index in [1.807, 2.05) is 29.0 Å². The lowest BCUT2D eigenvalue weighted by Gasteiger charge is -2.42. The van der Waals surface area contributed by atoms with Crippen molar-refractivity contribution in [1.82, 2.24) is 14.9 Å². The highest BCUT2D eigenvalue weighted by molar-refractivity contribution is 6.02. The van der Waals surface area contributed by atoms with Gasteiger partial charge < -0.3 is 19.5 Å². The van der Waals surface area contributed by atoms with Gasteiger partial charge in [-0.05, 0) is 61.4 Å². The molecule has 0 aliphatic heterocycles. The number of fused-ring (bicyclic) bond motifs is 1. The molecule has 1 N–H and O–H groups in total. The molecule has 7 nitrogen and oxygen atoms in total. The van der Waals surface area contributed by atoms with Gasteiger partial charge in [0.2, 0.25) is 0 Å². The van der Waals surface area contributed by atoms with E-state index in [-0.39, 0.29) is 17.9 Å². The standard InChI is InChI=1S/C28H32N4O3/c33-27(30-20-28(12-5-13-28)23-7-2-1-3-8-23)19-35-31-26-9-4-6-22-18-24(10-11-25(22)26)34-17-16-32-15-14-29-21-32/h1-3,7-8,10-11,14-15,18,21H,4-6,9,12-13,16-17,19-20H2,(H,30,33)/b31-26-. The van der Waals surface area contributed by atoms with E-state index in [0.717, 1.165) is 55.7 Å². The molecule has 0 unspecified atom stereocenters. The zero-order valence-corrected chi connectivity index (χ0v) is 20.0. The third-order valence-corrected chi connectivity index (χ3v) is 7.12. The van der Waals surface area contributed by atoms with Gasteiger partial charge in [0.1, 0.15) is 12.4 Å². The van der Waals surface area contributed by atoms with E-state index in [1.54, 1.807) is 12.5 Å². The van der Waals surface area contributed by atoms with E-state index >= 15 is 0 Å². The molecule has 1 saturated carbocycles. The Morgan fingerprint density at radius 2 is 2.00 bits per heavy atom. The number of aryl methyl sites for hydroxylation is 1. The summed E-state index contributed by atoms with van der Waals surface area (Å²) in [7, 11) is 0. The van der Waals surface area contributed by atoms with E-state index in [9.17, 15) is 4.79 Å². The maximum absolute atomic E-state index is 12.5. The number of hydrogen-bond donors (Lipinski definition) is 1. The Hall–Kier alpha value is -3.61. The minimum absolute atomic E-state index is 0.0592. The number of rotatable bonds is 10. The molecule has 0 saturated heterocycles. The van der Waals surface area contributed by atoms with Gasteiger partial charge in [0, 0.05) is 29.9 Å². The molecule has 182 valence electrons. The third kappa shape index (κ3) is 5.56. The van der Waals surface area contributed by atoms with Crippen LogP contribution in [0.4, 0.5) is 0 Å². The molecule has 1 heterocycles. The molecule has 2 aliphatic carbocycles. The minimum Gasteiger partial charge on any atom is -0.492 e. The lowest BCUT2D eigenvalue weighted by atomic mass is 9.64. The van der Waals surface area contributed by atoms with Crippen LogP contribution in [0, 0.1) is 0 Å². The Balaban J connectivity index is 1.12. The average molecular weight is 473 g/mol. The summed E-state index contributed by atoms with van der Waals surface area (Å²) < 4.78 is 7.91. The zero-order valence-electron chi connectivity index (χ0n) is 20.0. The smallest absolute Gasteiger partial charge is 0.260 e. The van der Waals surface area contributed by atoms with Crippen LogP contribution in [0.25, 0.3) is 0 Å². The molecule has 7 heteroatoms. The van der Waals surface area contributed by atoms with Crippen LogP contribution in [-0.4, -0.2) is 40.9 Å². The van der Waals surface area contributed by atoms with Crippen molar-refractivity contribution in [2.75, 3.05) is 19.8 Å². The first-order valence-corrected chi connectivity index (χ1v) is 12.4. The SMILES string of the molecule is O=C(CO/N=C1/CCCc2cc(OCCn3ccnc3)ccc21)NCC1(c2ccccc2)CCC1. The number of nitrogens with one attached hydrogen (secondary N) is 1. The molecular formula is C28H32N4O3. The van der Waals surface area contributed by atoms with Gasteiger partial charge >= 0.3 is 0 Å². The quantitative estimate of drug-likeness (QED) is 0.448. The van der Waals surface area contributed by atoms with Crippen LogP contribution in [0.2, 0.25) is 0 Å². The molecule has 0 atom stereocenters. The van der Waals surface area contributed by atoms with Crippen LogP contribution in [-0.2, 0) is 28.0 Å². The molecule has 1 fully saturated rings. The second-order valence-corrected chi connectivity index (χ2v) is 9.41. The van der Waals surface area contributed by atoms with Gasteiger partial charge in [-0.2, -0.15) is 0 Å². The fourth-order valence-corrected chi connectivity index (χ4v) is 4.96. The molecule has 2 aliphatic rings. The first-order chi connectivity index (χ1) is 17.2. The summed E-state index contributed by atoms with van der Waals surface area (Å²) >= 11 is 0. The summed E-state index contributed by atoms with van der Waals surface area (Å²) in [5.41, 5.74) is 4.54. The first kappa shape index (κ1) is 23.1. The monoisotopic (exact) mass is 472 g/mol. The largest absolute Gasteiger partial charge is 0.492 e. The summed E-state index contributed by atoms with van der Waals surface area (Å²) in [6.07, 6.45) is 11.7. The molecular weight excluding hydrogens is 440 g/mol. The van der Waals surface area contributed by atoms with Crippen LogP contribution >= 0.6 is 0 Å². The predicted molar refractivity (Wildman–Crippen MR) is 135 cm³/mol. The van der Waals surface area contributed by atoms with Crippen LogP contribution < -0.4 is 10.1 Å². The summed E-state index contributed by atoms with van der Waals surface area (Å²) in [4.78, 5) is 22.0. The Morgan fingerprint density at radius 3 is 2.77 bits per heavy atom. The highest BCUT2D eigenvalue weighted by atomic mass is 16.6. The molecule has 0 radical (unpaired) electrons. The van der Waals surface area contributed by atoms with Crippen molar-refractivity contribution in [2.24, 2.45) is 5.16 Å². The molecule has 1 aromatic heterocycles. The number of aromatic nitrogens is 2. The highest BCUT2D eigenvalue weighted by Gasteiger charge is 2.38. The summed E-state index contributed by atoms with van der Waals surface area (Å²) in [5.74, 6) is 0.725. The third-order valence-electron chi connectivity index (χ3n) is 7.12. The van der Waals surface area contributed by atoms with Crippen molar-refractivity contribution in [3.8, 4) is 5.75 Å². The van der Waals surface area contributed by atoms with E-state index in [2.05, 4.69) is 45.8 Å². The summed E-state index contributed by atoms with van der Waals surface area (Å²) in [6.45, 7) is 1.91. The topological polar surface area (TPSA) is 77.7 Å². The number of carbonyl (C=O) groups excluding carboxylic acids is 1. The van der Waals surface area contributed by atoms with Crippen LogP contribution in [0.1, 0.15) is 48.8 Å². The Bertz CT molecular complexity index is 1150. The molecule has 5 rings (SSSR count).